The van der Waals surface area contributed by atoms with Crippen molar-refractivity contribution >= 4 is 43.1 Å². The van der Waals surface area contributed by atoms with Crippen LogP contribution in [0, 0.1) is 0 Å². The number of hydrogen-bond acceptors (Lipinski definition) is 5. The summed E-state index contributed by atoms with van der Waals surface area (Å²) in [5.41, 5.74) is 6.44. The molecule has 242 valence electrons. The Morgan fingerprint density at radius 3 is 1.13 bits per heavy atom. The molecule has 0 aliphatic carbocycles. The highest BCUT2D eigenvalue weighted by Crippen LogP contribution is 2.38. The second-order valence-corrected chi connectivity index (χ2v) is 12.9. The van der Waals surface area contributed by atoms with E-state index in [-0.39, 0.29) is 0 Å². The van der Waals surface area contributed by atoms with Gasteiger partial charge in [0.1, 0.15) is 0 Å². The lowest BCUT2D eigenvalue weighted by Crippen LogP contribution is -2.01. The molecular formula is C47H29N5. The van der Waals surface area contributed by atoms with Crippen LogP contribution in [0.1, 0.15) is 0 Å². The van der Waals surface area contributed by atoms with Crippen LogP contribution in [0.5, 0.6) is 0 Å². The van der Waals surface area contributed by atoms with E-state index >= 15 is 0 Å². The average Bonchev–Trinajstić information content (AvgIpc) is 3.22. The van der Waals surface area contributed by atoms with E-state index in [9.17, 15) is 0 Å². The molecule has 0 spiro atoms. The molecule has 0 aliphatic rings. The average molecular weight is 664 g/mol. The summed E-state index contributed by atoms with van der Waals surface area (Å²) < 4.78 is 0. The normalized spacial score (nSPS) is 11.5. The van der Waals surface area contributed by atoms with E-state index in [1.807, 2.05) is 12.4 Å². The van der Waals surface area contributed by atoms with Gasteiger partial charge in [0.2, 0.25) is 0 Å². The Bertz CT molecular complexity index is 2570. The Hall–Kier alpha value is -7.11. The monoisotopic (exact) mass is 663 g/mol. The van der Waals surface area contributed by atoms with Crippen LogP contribution < -0.4 is 0 Å². The Morgan fingerprint density at radius 1 is 0.288 bits per heavy atom. The van der Waals surface area contributed by atoms with Crippen molar-refractivity contribution in [3.8, 4) is 56.7 Å². The van der Waals surface area contributed by atoms with Crippen molar-refractivity contribution in [3.63, 3.8) is 0 Å². The van der Waals surface area contributed by atoms with E-state index in [1.54, 1.807) is 0 Å². The van der Waals surface area contributed by atoms with Crippen LogP contribution in [0.3, 0.4) is 0 Å². The van der Waals surface area contributed by atoms with Crippen molar-refractivity contribution in [1.82, 2.24) is 24.9 Å². The third kappa shape index (κ3) is 5.15. The highest BCUT2D eigenvalue weighted by atomic mass is 15.0. The van der Waals surface area contributed by atoms with Crippen LogP contribution in [0.15, 0.2) is 176 Å². The second kappa shape index (κ2) is 12.3. The predicted molar refractivity (Wildman–Crippen MR) is 213 cm³/mol. The van der Waals surface area contributed by atoms with E-state index in [1.165, 1.54) is 0 Å². The van der Waals surface area contributed by atoms with Crippen molar-refractivity contribution in [3.05, 3.63) is 176 Å². The molecule has 3 heterocycles. The van der Waals surface area contributed by atoms with Crippen molar-refractivity contribution in [2.24, 2.45) is 0 Å². The van der Waals surface area contributed by atoms with E-state index in [0.29, 0.717) is 17.5 Å². The van der Waals surface area contributed by atoms with Gasteiger partial charge in [0, 0.05) is 51.0 Å². The zero-order chi connectivity index (χ0) is 34.4. The fraction of sp³-hybridized carbons (Fsp3) is 0. The Morgan fingerprint density at radius 2 is 0.654 bits per heavy atom. The smallest absolute Gasteiger partial charge is 0.164 e. The van der Waals surface area contributed by atoms with Gasteiger partial charge in [-0.1, -0.05) is 133 Å². The fourth-order valence-electron chi connectivity index (χ4n) is 7.32. The van der Waals surface area contributed by atoms with Crippen LogP contribution in [-0.4, -0.2) is 24.9 Å². The van der Waals surface area contributed by atoms with E-state index < -0.39 is 0 Å². The minimum atomic E-state index is 0.574. The second-order valence-electron chi connectivity index (χ2n) is 12.9. The highest BCUT2D eigenvalue weighted by molar-refractivity contribution is 6.00. The number of benzene rings is 7. The molecule has 0 radical (unpaired) electrons. The van der Waals surface area contributed by atoms with Crippen LogP contribution >= 0.6 is 0 Å². The minimum absolute atomic E-state index is 0.574. The van der Waals surface area contributed by atoms with Crippen molar-refractivity contribution in [2.45, 2.75) is 0 Å². The van der Waals surface area contributed by atoms with Gasteiger partial charge in [0.25, 0.3) is 0 Å². The van der Waals surface area contributed by atoms with E-state index in [4.69, 9.17) is 24.9 Å². The number of hydrogen-bond donors (Lipinski definition) is 0. The molecule has 7 aromatic carbocycles. The molecule has 0 amide bonds. The number of nitrogens with zero attached hydrogens (tertiary/aromatic N) is 5. The maximum absolute atomic E-state index is 5.26. The van der Waals surface area contributed by atoms with Gasteiger partial charge in [-0.25, -0.2) is 15.0 Å². The Kier molecular flexibility index (Phi) is 7.07. The first-order valence-corrected chi connectivity index (χ1v) is 17.3. The molecular weight excluding hydrogens is 635 g/mol. The molecule has 10 rings (SSSR count). The van der Waals surface area contributed by atoms with Gasteiger partial charge < -0.3 is 0 Å². The molecule has 0 saturated carbocycles. The molecule has 0 atom stereocenters. The lowest BCUT2D eigenvalue weighted by Gasteiger charge is -2.14. The fourth-order valence-corrected chi connectivity index (χ4v) is 7.32. The van der Waals surface area contributed by atoms with E-state index in [2.05, 4.69) is 164 Å². The summed E-state index contributed by atoms with van der Waals surface area (Å²) in [6, 6.07) is 56.6. The van der Waals surface area contributed by atoms with E-state index in [0.717, 1.165) is 82.3 Å². The van der Waals surface area contributed by atoms with Gasteiger partial charge in [-0.2, -0.15) is 0 Å². The van der Waals surface area contributed by atoms with Gasteiger partial charge in [-0.15, -0.1) is 0 Å². The molecule has 0 saturated heterocycles. The number of fused-ring (bicyclic) bond motifs is 4. The summed E-state index contributed by atoms with van der Waals surface area (Å²) in [5, 5.41) is 8.81. The summed E-state index contributed by atoms with van der Waals surface area (Å²) >= 11 is 0. The molecule has 5 nitrogen and oxygen atoms in total. The van der Waals surface area contributed by atoms with Crippen LogP contribution in [-0.2, 0) is 0 Å². The predicted octanol–water partition coefficient (Wildman–Crippen LogP) is 11.6. The largest absolute Gasteiger partial charge is 0.256 e. The lowest BCUT2D eigenvalue weighted by molar-refractivity contribution is 1.08. The third-order valence-electron chi connectivity index (χ3n) is 9.78. The van der Waals surface area contributed by atoms with Crippen molar-refractivity contribution in [2.75, 3.05) is 0 Å². The van der Waals surface area contributed by atoms with Crippen LogP contribution in [0.25, 0.3) is 99.8 Å². The maximum Gasteiger partial charge on any atom is 0.164 e. The first-order valence-electron chi connectivity index (χ1n) is 17.3. The van der Waals surface area contributed by atoms with Gasteiger partial charge in [-0.05, 0) is 62.6 Å². The maximum atomic E-state index is 5.26. The first kappa shape index (κ1) is 29.8. The Labute approximate surface area is 300 Å². The zero-order valence-electron chi connectivity index (χ0n) is 28.0. The molecule has 0 unspecified atom stereocenters. The van der Waals surface area contributed by atoms with Crippen molar-refractivity contribution < 1.29 is 0 Å². The molecule has 52 heavy (non-hydrogen) atoms. The number of pyridine rings is 2. The molecule has 0 bridgehead atoms. The third-order valence-corrected chi connectivity index (χ3v) is 9.78. The van der Waals surface area contributed by atoms with Gasteiger partial charge in [-0.3, -0.25) is 9.97 Å². The molecule has 0 N–H and O–H groups in total. The van der Waals surface area contributed by atoms with Crippen LogP contribution in [0.4, 0.5) is 0 Å². The SMILES string of the molecule is c1ccc2c(-c3nc(-c4cc(-c5nccc6ccccc56)cc(-c5nccc6ccccc56)c4)nc(-c4cccc5ccccc45)n3)cccc2c1. The molecule has 10 aromatic rings. The molecule has 0 fully saturated rings. The Balaban J connectivity index is 1.28. The quantitative estimate of drug-likeness (QED) is 0.183. The van der Waals surface area contributed by atoms with Crippen LogP contribution in [0.2, 0.25) is 0 Å². The minimum Gasteiger partial charge on any atom is -0.256 e. The van der Waals surface area contributed by atoms with Gasteiger partial charge in [0.05, 0.1) is 11.4 Å². The number of aromatic nitrogens is 5. The highest BCUT2D eigenvalue weighted by Gasteiger charge is 2.19. The summed E-state index contributed by atoms with van der Waals surface area (Å²) in [6.07, 6.45) is 3.75. The zero-order valence-corrected chi connectivity index (χ0v) is 28.0. The lowest BCUT2D eigenvalue weighted by atomic mass is 9.96. The standard InChI is InChI=1S/C47H29N5/c1-5-17-37-30(11-1)15-9-21-41(37)46-50-45(51-47(52-46)42-22-10-16-31-12-2-6-18-38(31)42)36-28-34(43-39-19-7-3-13-32(39)23-25-48-43)27-35(29-36)44-40-20-8-4-14-33(40)24-26-49-44/h1-29H. The first-order chi connectivity index (χ1) is 25.8. The summed E-state index contributed by atoms with van der Waals surface area (Å²) in [4.78, 5) is 25.6. The summed E-state index contributed by atoms with van der Waals surface area (Å²) in [6.45, 7) is 0. The molecule has 3 aromatic heterocycles. The molecule has 5 heteroatoms. The van der Waals surface area contributed by atoms with Gasteiger partial charge in [0.15, 0.2) is 17.5 Å². The van der Waals surface area contributed by atoms with Crippen molar-refractivity contribution in [1.29, 1.82) is 0 Å². The topological polar surface area (TPSA) is 64.5 Å². The molecule has 0 aliphatic heterocycles. The number of rotatable bonds is 5. The summed E-state index contributed by atoms with van der Waals surface area (Å²) in [7, 11) is 0. The summed E-state index contributed by atoms with van der Waals surface area (Å²) in [5.74, 6) is 1.80. The van der Waals surface area contributed by atoms with Gasteiger partial charge >= 0.3 is 0 Å².